The van der Waals surface area contributed by atoms with Gasteiger partial charge in [-0.05, 0) is 43.4 Å². The maximum atomic E-state index is 12.0. The number of hydrogen-bond acceptors (Lipinski definition) is 2. The van der Waals surface area contributed by atoms with Gasteiger partial charge in [0.1, 0.15) is 0 Å². The molecular formula is C16H22N2O2. The van der Waals surface area contributed by atoms with Gasteiger partial charge in [-0.15, -0.1) is 0 Å². The Balaban J connectivity index is 1.92. The smallest absolute Gasteiger partial charge is 0.243 e. The minimum Gasteiger partial charge on any atom is -0.336 e. The van der Waals surface area contributed by atoms with Crippen molar-refractivity contribution < 1.29 is 9.59 Å². The van der Waals surface area contributed by atoms with Crippen LogP contribution in [0.15, 0.2) is 18.2 Å². The number of nitrogens with one attached hydrogen (secondary N) is 1. The molecule has 1 N–H and O–H groups in total. The summed E-state index contributed by atoms with van der Waals surface area (Å²) in [5.41, 5.74) is 2.94. The Labute approximate surface area is 120 Å². The number of aryl methyl sites for hydroxylation is 2. The van der Waals surface area contributed by atoms with Gasteiger partial charge in [-0.1, -0.05) is 19.1 Å². The summed E-state index contributed by atoms with van der Waals surface area (Å²) in [6.45, 7) is 6.11. The zero-order valence-corrected chi connectivity index (χ0v) is 12.6. The molecule has 0 aliphatic heterocycles. The van der Waals surface area contributed by atoms with Gasteiger partial charge in [-0.3, -0.25) is 9.59 Å². The largest absolute Gasteiger partial charge is 0.336 e. The van der Waals surface area contributed by atoms with Crippen LogP contribution in [0, 0.1) is 25.7 Å². The predicted molar refractivity (Wildman–Crippen MR) is 79.5 cm³/mol. The van der Waals surface area contributed by atoms with Crippen molar-refractivity contribution in [3.63, 3.8) is 0 Å². The molecule has 20 heavy (non-hydrogen) atoms. The fraction of sp³-hybridized carbons (Fsp3) is 0.500. The number of nitrogens with zero attached hydrogens (tertiary/aromatic N) is 1. The molecule has 0 radical (unpaired) electrons. The molecule has 1 aromatic rings. The van der Waals surface area contributed by atoms with Gasteiger partial charge in [0.2, 0.25) is 11.8 Å². The number of hydrogen-bond donors (Lipinski definition) is 1. The average Bonchev–Trinajstić information content (AvgIpc) is 3.10. The average molecular weight is 274 g/mol. The van der Waals surface area contributed by atoms with E-state index in [9.17, 15) is 9.59 Å². The highest BCUT2D eigenvalue weighted by molar-refractivity contribution is 5.95. The Hall–Kier alpha value is -1.84. The highest BCUT2D eigenvalue weighted by Crippen LogP contribution is 2.38. The summed E-state index contributed by atoms with van der Waals surface area (Å²) in [7, 11) is 1.69. The third-order valence-electron chi connectivity index (χ3n) is 3.85. The Morgan fingerprint density at radius 3 is 2.60 bits per heavy atom. The van der Waals surface area contributed by atoms with E-state index in [4.69, 9.17) is 0 Å². The molecule has 1 aliphatic rings. The molecule has 1 aromatic carbocycles. The van der Waals surface area contributed by atoms with Gasteiger partial charge < -0.3 is 10.2 Å². The van der Waals surface area contributed by atoms with Gasteiger partial charge >= 0.3 is 0 Å². The zero-order valence-electron chi connectivity index (χ0n) is 12.6. The molecule has 0 unspecified atom stereocenters. The van der Waals surface area contributed by atoms with Crippen molar-refractivity contribution in [2.24, 2.45) is 11.8 Å². The minimum absolute atomic E-state index is 0.0774. The molecule has 0 spiro atoms. The number of likely N-dealkylation sites (N-methyl/N-ethyl adjacent to an activating group) is 1. The minimum atomic E-state index is -0.150. The second-order valence-corrected chi connectivity index (χ2v) is 5.88. The van der Waals surface area contributed by atoms with Crippen LogP contribution in [0.5, 0.6) is 0 Å². The van der Waals surface area contributed by atoms with Crippen LogP contribution in [0.3, 0.4) is 0 Å². The summed E-state index contributed by atoms with van der Waals surface area (Å²) in [5, 5.41) is 2.87. The first-order chi connectivity index (χ1) is 9.38. The molecule has 2 atom stereocenters. The molecule has 2 amide bonds. The van der Waals surface area contributed by atoms with Crippen LogP contribution in [0.25, 0.3) is 0 Å². The van der Waals surface area contributed by atoms with Crippen LogP contribution in [0.4, 0.5) is 5.69 Å². The first kappa shape index (κ1) is 14.6. The standard InChI is InChI=1S/C16H22N2O2/c1-10-5-6-11(2)14(7-10)17-15(19)9-18(4)16(20)13-8-12(13)3/h5-7,12-13H,8-9H2,1-4H3,(H,17,19)/t12-,13+/m0/s1. The van der Waals surface area contributed by atoms with Crippen molar-refractivity contribution in [3.05, 3.63) is 29.3 Å². The Kier molecular flexibility index (Phi) is 4.12. The first-order valence-electron chi connectivity index (χ1n) is 7.00. The number of carbonyl (C=O) groups excluding carboxylic acids is 2. The molecule has 0 aromatic heterocycles. The number of rotatable bonds is 4. The Bertz CT molecular complexity index is 539. The van der Waals surface area contributed by atoms with Crippen molar-refractivity contribution in [1.29, 1.82) is 0 Å². The topological polar surface area (TPSA) is 49.4 Å². The first-order valence-corrected chi connectivity index (χ1v) is 7.00. The second-order valence-electron chi connectivity index (χ2n) is 5.88. The summed E-state index contributed by atoms with van der Waals surface area (Å²) in [6.07, 6.45) is 0.946. The van der Waals surface area contributed by atoms with Gasteiger partial charge in [-0.25, -0.2) is 0 Å². The number of benzene rings is 1. The molecule has 4 heteroatoms. The quantitative estimate of drug-likeness (QED) is 0.916. The molecule has 2 rings (SSSR count). The van der Waals surface area contributed by atoms with Crippen molar-refractivity contribution in [3.8, 4) is 0 Å². The predicted octanol–water partition coefficient (Wildman–Crippen LogP) is 2.36. The van der Waals surface area contributed by atoms with Crippen LogP contribution in [0.1, 0.15) is 24.5 Å². The molecule has 108 valence electrons. The van der Waals surface area contributed by atoms with Crippen LogP contribution in [-0.4, -0.2) is 30.3 Å². The van der Waals surface area contributed by atoms with Gasteiger partial charge in [0.15, 0.2) is 0 Å². The zero-order chi connectivity index (χ0) is 14.9. The summed E-state index contributed by atoms with van der Waals surface area (Å²) >= 11 is 0. The summed E-state index contributed by atoms with van der Waals surface area (Å²) < 4.78 is 0. The van der Waals surface area contributed by atoms with E-state index < -0.39 is 0 Å². The lowest BCUT2D eigenvalue weighted by molar-refractivity contribution is -0.134. The highest BCUT2D eigenvalue weighted by Gasteiger charge is 2.40. The number of carbonyl (C=O) groups is 2. The van der Waals surface area contributed by atoms with Crippen molar-refractivity contribution >= 4 is 17.5 Å². The van der Waals surface area contributed by atoms with Crippen LogP contribution in [-0.2, 0) is 9.59 Å². The van der Waals surface area contributed by atoms with E-state index in [1.165, 1.54) is 4.90 Å². The van der Waals surface area contributed by atoms with Gasteiger partial charge in [0, 0.05) is 18.7 Å². The number of anilines is 1. The van der Waals surface area contributed by atoms with Gasteiger partial charge in [0.05, 0.1) is 6.54 Å². The molecule has 1 fully saturated rings. The van der Waals surface area contributed by atoms with E-state index >= 15 is 0 Å². The summed E-state index contributed by atoms with van der Waals surface area (Å²) in [6, 6.07) is 5.93. The maximum Gasteiger partial charge on any atom is 0.243 e. The lowest BCUT2D eigenvalue weighted by Crippen LogP contribution is -2.36. The van der Waals surface area contributed by atoms with E-state index in [-0.39, 0.29) is 24.3 Å². The van der Waals surface area contributed by atoms with Crippen molar-refractivity contribution in [2.75, 3.05) is 18.9 Å². The van der Waals surface area contributed by atoms with Gasteiger partial charge in [0.25, 0.3) is 0 Å². The fourth-order valence-corrected chi connectivity index (χ4v) is 2.30. The maximum absolute atomic E-state index is 12.0. The Morgan fingerprint density at radius 2 is 2.00 bits per heavy atom. The monoisotopic (exact) mass is 274 g/mol. The van der Waals surface area contributed by atoms with Crippen LogP contribution >= 0.6 is 0 Å². The van der Waals surface area contributed by atoms with E-state index in [0.29, 0.717) is 5.92 Å². The molecule has 0 heterocycles. The highest BCUT2D eigenvalue weighted by atomic mass is 16.2. The van der Waals surface area contributed by atoms with E-state index in [1.54, 1.807) is 7.05 Å². The fourth-order valence-electron chi connectivity index (χ4n) is 2.30. The number of amides is 2. The molecule has 0 saturated heterocycles. The summed E-state index contributed by atoms with van der Waals surface area (Å²) in [4.78, 5) is 25.5. The molecule has 4 nitrogen and oxygen atoms in total. The molecule has 1 saturated carbocycles. The lowest BCUT2D eigenvalue weighted by atomic mass is 10.1. The van der Waals surface area contributed by atoms with Gasteiger partial charge in [-0.2, -0.15) is 0 Å². The van der Waals surface area contributed by atoms with Crippen molar-refractivity contribution in [2.45, 2.75) is 27.2 Å². The van der Waals surface area contributed by atoms with E-state index in [1.807, 2.05) is 32.0 Å². The lowest BCUT2D eigenvalue weighted by Gasteiger charge is -2.17. The Morgan fingerprint density at radius 1 is 1.35 bits per heavy atom. The SMILES string of the molecule is Cc1ccc(C)c(NC(=O)CN(C)C(=O)[C@@H]2C[C@@H]2C)c1. The third kappa shape index (κ3) is 3.38. The van der Waals surface area contributed by atoms with Crippen LogP contribution < -0.4 is 5.32 Å². The summed E-state index contributed by atoms with van der Waals surface area (Å²) in [5.74, 6) is 0.511. The second kappa shape index (κ2) is 5.65. The molecule has 0 bridgehead atoms. The van der Waals surface area contributed by atoms with Crippen LogP contribution in [0.2, 0.25) is 0 Å². The van der Waals surface area contributed by atoms with E-state index in [2.05, 4.69) is 12.2 Å². The molecule has 1 aliphatic carbocycles. The normalized spacial score (nSPS) is 20.4. The van der Waals surface area contributed by atoms with E-state index in [0.717, 1.165) is 23.2 Å². The molecular weight excluding hydrogens is 252 g/mol. The van der Waals surface area contributed by atoms with Crippen molar-refractivity contribution in [1.82, 2.24) is 4.90 Å². The third-order valence-corrected chi connectivity index (χ3v) is 3.85.